The van der Waals surface area contributed by atoms with Gasteiger partial charge in [0.1, 0.15) is 5.60 Å². The quantitative estimate of drug-likeness (QED) is 0.485. The number of aliphatic hydroxyl groups is 1. The summed E-state index contributed by atoms with van der Waals surface area (Å²) in [4.78, 5) is 4.42. The number of phenolic OH excluding ortho intramolecular Hbond substituents is 1. The van der Waals surface area contributed by atoms with Crippen molar-refractivity contribution >= 4 is 6.21 Å². The summed E-state index contributed by atoms with van der Waals surface area (Å²) in [5.41, 5.74) is 0.320. The van der Waals surface area contributed by atoms with E-state index in [4.69, 9.17) is 0 Å². The summed E-state index contributed by atoms with van der Waals surface area (Å²) in [6, 6.07) is 22.3. The molecule has 0 bridgehead atoms. The minimum absolute atomic E-state index is 0. The van der Waals surface area contributed by atoms with Crippen LogP contribution in [0.5, 0.6) is 5.75 Å². The van der Waals surface area contributed by atoms with Crippen molar-refractivity contribution in [1.82, 2.24) is 0 Å². The third-order valence-electron chi connectivity index (χ3n) is 4.49. The van der Waals surface area contributed by atoms with E-state index in [0.29, 0.717) is 11.1 Å². The van der Waals surface area contributed by atoms with Crippen molar-refractivity contribution in [1.29, 1.82) is 0 Å². The molecular formula is C22H20CuFNO2. The van der Waals surface area contributed by atoms with E-state index in [1.54, 1.807) is 13.0 Å². The van der Waals surface area contributed by atoms with E-state index >= 15 is 0 Å². The van der Waals surface area contributed by atoms with Gasteiger partial charge in [0.25, 0.3) is 0 Å². The largest absolute Gasteiger partial charge is 0.504 e. The summed E-state index contributed by atoms with van der Waals surface area (Å²) in [7, 11) is 0. The zero-order valence-electron chi connectivity index (χ0n) is 14.7. The molecule has 3 rings (SSSR count). The Bertz CT molecular complexity index is 861. The molecule has 0 unspecified atom stereocenters. The van der Waals surface area contributed by atoms with Crippen LogP contribution < -0.4 is 0 Å². The Morgan fingerprint density at radius 1 is 0.889 bits per heavy atom. The zero-order chi connectivity index (χ0) is 18.6. The first-order chi connectivity index (χ1) is 12.5. The number of rotatable bonds is 5. The normalized spacial score (nSPS) is 12.6. The molecule has 0 spiro atoms. The average Bonchev–Trinajstić information content (AvgIpc) is 2.69. The van der Waals surface area contributed by atoms with Crippen LogP contribution in [0.3, 0.4) is 0 Å². The third-order valence-corrected chi connectivity index (χ3v) is 4.49. The van der Waals surface area contributed by atoms with Crippen molar-refractivity contribution in [2.24, 2.45) is 4.99 Å². The van der Waals surface area contributed by atoms with Gasteiger partial charge in [-0.1, -0.05) is 66.7 Å². The Balaban J connectivity index is 0.00000261. The molecule has 0 saturated carbocycles. The minimum Gasteiger partial charge on any atom is -0.504 e. The molecule has 1 atom stereocenters. The van der Waals surface area contributed by atoms with Gasteiger partial charge in [-0.3, -0.25) is 4.99 Å². The molecule has 27 heavy (non-hydrogen) atoms. The van der Waals surface area contributed by atoms with Crippen molar-refractivity contribution in [3.63, 3.8) is 0 Å². The van der Waals surface area contributed by atoms with E-state index in [0.717, 1.165) is 0 Å². The standard InChI is InChI=1S/C22H20FNO2.Cu/c1-16(24-15-17-9-8-14-20(23)21(17)25)22(26,18-10-4-2-5-11-18)19-12-6-3-7-13-19;/h2-16,25-26H,1H3;/t16-;/m1./s1. The fourth-order valence-corrected chi connectivity index (χ4v) is 2.97. The fraction of sp³-hybridized carbons (Fsp3) is 0.136. The van der Waals surface area contributed by atoms with Crippen molar-refractivity contribution in [2.75, 3.05) is 0 Å². The first-order valence-corrected chi connectivity index (χ1v) is 8.37. The van der Waals surface area contributed by atoms with Crippen molar-refractivity contribution < 1.29 is 31.7 Å². The van der Waals surface area contributed by atoms with Crippen LogP contribution in [0, 0.1) is 5.82 Å². The number of halogens is 1. The average molecular weight is 413 g/mol. The van der Waals surface area contributed by atoms with Gasteiger partial charge >= 0.3 is 0 Å². The molecule has 2 N–H and O–H groups in total. The topological polar surface area (TPSA) is 52.8 Å². The summed E-state index contributed by atoms with van der Waals surface area (Å²) < 4.78 is 13.5. The number of hydrogen-bond acceptors (Lipinski definition) is 3. The van der Waals surface area contributed by atoms with Gasteiger partial charge in [0.15, 0.2) is 11.6 Å². The predicted octanol–water partition coefficient (Wildman–Crippen LogP) is 4.27. The van der Waals surface area contributed by atoms with Crippen molar-refractivity contribution in [3.05, 3.63) is 101 Å². The maximum atomic E-state index is 13.5. The van der Waals surface area contributed by atoms with Gasteiger partial charge < -0.3 is 10.2 Å². The van der Waals surface area contributed by atoms with E-state index in [2.05, 4.69) is 4.99 Å². The smallest absolute Gasteiger partial charge is 0.165 e. The zero-order valence-corrected chi connectivity index (χ0v) is 15.6. The molecule has 0 fully saturated rings. The second kappa shape index (κ2) is 8.96. The van der Waals surface area contributed by atoms with Gasteiger partial charge in [-0.05, 0) is 30.2 Å². The summed E-state index contributed by atoms with van der Waals surface area (Å²) in [5, 5.41) is 21.4. The van der Waals surface area contributed by atoms with Crippen LogP contribution in [0.1, 0.15) is 23.6 Å². The van der Waals surface area contributed by atoms with Gasteiger partial charge in [-0.25, -0.2) is 4.39 Å². The van der Waals surface area contributed by atoms with Gasteiger partial charge in [-0.2, -0.15) is 0 Å². The molecule has 0 aliphatic rings. The Labute approximate surface area is 168 Å². The molecule has 1 radical (unpaired) electrons. The molecule has 0 saturated heterocycles. The monoisotopic (exact) mass is 412 g/mol. The molecule has 3 aromatic rings. The Hall–Kier alpha value is -2.46. The molecule has 0 aliphatic carbocycles. The van der Waals surface area contributed by atoms with Crippen LogP contribution in [0.4, 0.5) is 4.39 Å². The SMILES string of the molecule is C[C@@H](N=Cc1cccc(F)c1O)C(O)(c1ccccc1)c1ccccc1.[Cu]. The van der Waals surface area contributed by atoms with Gasteiger partial charge in [0.05, 0.1) is 6.04 Å². The Morgan fingerprint density at radius 3 is 1.93 bits per heavy atom. The molecule has 0 aromatic heterocycles. The Kier molecular flexibility index (Phi) is 6.92. The number of aliphatic imine (C=N–C) groups is 1. The van der Waals surface area contributed by atoms with Crippen LogP contribution in [-0.2, 0) is 22.7 Å². The first-order valence-electron chi connectivity index (χ1n) is 8.37. The number of phenols is 1. The van der Waals surface area contributed by atoms with Crippen LogP contribution in [0.2, 0.25) is 0 Å². The van der Waals surface area contributed by atoms with E-state index in [1.807, 2.05) is 60.7 Å². The van der Waals surface area contributed by atoms with Crippen LogP contribution in [0.15, 0.2) is 83.9 Å². The van der Waals surface area contributed by atoms with Gasteiger partial charge in [0.2, 0.25) is 0 Å². The van der Waals surface area contributed by atoms with E-state index in [-0.39, 0.29) is 22.6 Å². The Morgan fingerprint density at radius 2 is 1.41 bits per heavy atom. The molecule has 0 aliphatic heterocycles. The maximum Gasteiger partial charge on any atom is 0.165 e. The third kappa shape index (κ3) is 4.28. The summed E-state index contributed by atoms with van der Waals surface area (Å²) in [5.74, 6) is -1.16. The number of benzene rings is 3. The molecule has 3 aromatic carbocycles. The first kappa shape index (κ1) is 20.8. The van der Waals surface area contributed by atoms with Crippen molar-refractivity contribution in [3.8, 4) is 5.75 Å². The second-order valence-electron chi connectivity index (χ2n) is 6.13. The molecule has 3 nitrogen and oxygen atoms in total. The predicted molar refractivity (Wildman–Crippen MR) is 101 cm³/mol. The molecular weight excluding hydrogens is 393 g/mol. The second-order valence-corrected chi connectivity index (χ2v) is 6.13. The molecule has 0 amide bonds. The van der Waals surface area contributed by atoms with Crippen molar-refractivity contribution in [2.45, 2.75) is 18.6 Å². The van der Waals surface area contributed by atoms with Gasteiger partial charge in [0, 0.05) is 28.8 Å². The summed E-state index contributed by atoms with van der Waals surface area (Å²) >= 11 is 0. The molecule has 5 heteroatoms. The molecule has 0 heterocycles. The number of aromatic hydroxyl groups is 1. The molecule has 143 valence electrons. The van der Waals surface area contributed by atoms with E-state index in [1.165, 1.54) is 18.3 Å². The fourth-order valence-electron chi connectivity index (χ4n) is 2.97. The summed E-state index contributed by atoms with van der Waals surface area (Å²) in [6.07, 6.45) is 1.39. The van der Waals surface area contributed by atoms with Crippen LogP contribution >= 0.6 is 0 Å². The van der Waals surface area contributed by atoms with Crippen LogP contribution in [-0.4, -0.2) is 22.5 Å². The van der Waals surface area contributed by atoms with Gasteiger partial charge in [-0.15, -0.1) is 0 Å². The number of para-hydroxylation sites is 1. The maximum absolute atomic E-state index is 13.5. The number of hydrogen-bond donors (Lipinski definition) is 2. The minimum atomic E-state index is -1.36. The summed E-state index contributed by atoms with van der Waals surface area (Å²) in [6.45, 7) is 1.78. The van der Waals surface area contributed by atoms with E-state index < -0.39 is 23.2 Å². The van der Waals surface area contributed by atoms with Crippen LogP contribution in [0.25, 0.3) is 0 Å². The number of nitrogens with zero attached hydrogens (tertiary/aromatic N) is 1. The van der Waals surface area contributed by atoms with E-state index in [9.17, 15) is 14.6 Å².